The minimum atomic E-state index is -0.324. The smallest absolute Gasteiger partial charge is 0.141 e. The predicted octanol–water partition coefficient (Wildman–Crippen LogP) is 1.19. The monoisotopic (exact) mass is 152 g/mol. The fourth-order valence-electron chi connectivity index (χ4n) is 0.675. The van der Waals surface area contributed by atoms with Gasteiger partial charge in [-0.05, 0) is 18.2 Å². The van der Waals surface area contributed by atoms with Crippen molar-refractivity contribution < 1.29 is 4.39 Å². The van der Waals surface area contributed by atoms with Crippen LogP contribution in [-0.2, 0) is 0 Å². The average Bonchev–Trinajstić information content (AvgIpc) is 2.04. The van der Waals surface area contributed by atoms with E-state index in [2.05, 4.69) is 4.98 Å². The Hall–Kier alpha value is -1.22. The Morgan fingerprint density at radius 1 is 1.55 bits per heavy atom. The van der Waals surface area contributed by atoms with Crippen molar-refractivity contribution in [3.63, 3.8) is 0 Å². The van der Waals surface area contributed by atoms with Crippen LogP contribution in [0.3, 0.4) is 0 Å². The topological polar surface area (TPSA) is 38.9 Å². The van der Waals surface area contributed by atoms with Gasteiger partial charge in [-0.2, -0.15) is 0 Å². The summed E-state index contributed by atoms with van der Waals surface area (Å²) in [6.45, 7) is 0.471. The average molecular weight is 152 g/mol. The maximum Gasteiger partial charge on any atom is 0.141 e. The molecule has 1 aromatic rings. The van der Waals surface area contributed by atoms with E-state index in [4.69, 9.17) is 5.73 Å². The van der Waals surface area contributed by atoms with E-state index < -0.39 is 0 Å². The number of hydrogen-bond donors (Lipinski definition) is 1. The van der Waals surface area contributed by atoms with Gasteiger partial charge in [0, 0.05) is 6.54 Å². The third kappa shape index (κ3) is 2.47. The normalized spacial score (nSPS) is 10.7. The molecule has 2 nitrogen and oxygen atoms in total. The van der Waals surface area contributed by atoms with E-state index >= 15 is 0 Å². The van der Waals surface area contributed by atoms with Gasteiger partial charge in [-0.3, -0.25) is 4.98 Å². The third-order valence-electron chi connectivity index (χ3n) is 1.17. The van der Waals surface area contributed by atoms with Crippen molar-refractivity contribution in [2.75, 3.05) is 6.54 Å². The summed E-state index contributed by atoms with van der Waals surface area (Å²) in [4.78, 5) is 3.80. The van der Waals surface area contributed by atoms with Crippen LogP contribution < -0.4 is 5.73 Å². The maximum absolute atomic E-state index is 12.3. The molecule has 0 aromatic carbocycles. The molecule has 1 rings (SSSR count). The highest BCUT2D eigenvalue weighted by molar-refractivity contribution is 5.43. The van der Waals surface area contributed by atoms with Crippen LogP contribution >= 0.6 is 0 Å². The first-order chi connectivity index (χ1) is 5.33. The van der Waals surface area contributed by atoms with Gasteiger partial charge in [0.1, 0.15) is 5.82 Å². The highest BCUT2D eigenvalue weighted by atomic mass is 19.1. The molecule has 0 atom stereocenters. The van der Waals surface area contributed by atoms with Crippen molar-refractivity contribution in [3.05, 3.63) is 35.9 Å². The molecular formula is C8H9FN2. The van der Waals surface area contributed by atoms with Crippen LogP contribution in [0.25, 0.3) is 6.08 Å². The summed E-state index contributed by atoms with van der Waals surface area (Å²) in [5, 5.41) is 0. The van der Waals surface area contributed by atoms with Crippen molar-refractivity contribution in [2.45, 2.75) is 0 Å². The van der Waals surface area contributed by atoms with Crippen molar-refractivity contribution in [1.29, 1.82) is 0 Å². The lowest BCUT2D eigenvalue weighted by atomic mass is 10.3. The van der Waals surface area contributed by atoms with Crippen LogP contribution in [-0.4, -0.2) is 11.5 Å². The second kappa shape index (κ2) is 3.83. The Bertz CT molecular complexity index is 241. The number of halogens is 1. The van der Waals surface area contributed by atoms with E-state index in [1.54, 1.807) is 18.2 Å². The van der Waals surface area contributed by atoms with Gasteiger partial charge in [-0.15, -0.1) is 0 Å². The molecule has 0 fully saturated rings. The molecule has 0 unspecified atom stereocenters. The van der Waals surface area contributed by atoms with Crippen molar-refractivity contribution in [2.24, 2.45) is 5.73 Å². The molecule has 0 saturated carbocycles. The molecule has 58 valence electrons. The summed E-state index contributed by atoms with van der Waals surface area (Å²) >= 11 is 0. The molecule has 11 heavy (non-hydrogen) atoms. The quantitative estimate of drug-likeness (QED) is 0.691. The zero-order chi connectivity index (χ0) is 8.10. The maximum atomic E-state index is 12.3. The summed E-state index contributed by atoms with van der Waals surface area (Å²) in [7, 11) is 0. The summed E-state index contributed by atoms with van der Waals surface area (Å²) in [6, 6.07) is 2.96. The highest BCUT2D eigenvalue weighted by Gasteiger charge is 1.88. The summed E-state index contributed by atoms with van der Waals surface area (Å²) in [5.74, 6) is -0.324. The molecule has 0 bridgehead atoms. The second-order valence-corrected chi connectivity index (χ2v) is 2.04. The number of nitrogens with zero attached hydrogens (tertiary/aromatic N) is 1. The highest BCUT2D eigenvalue weighted by Crippen LogP contribution is 1.99. The first-order valence-corrected chi connectivity index (χ1v) is 3.31. The predicted molar refractivity (Wildman–Crippen MR) is 42.3 cm³/mol. The van der Waals surface area contributed by atoms with Gasteiger partial charge in [0.15, 0.2) is 0 Å². The van der Waals surface area contributed by atoms with Gasteiger partial charge in [0.2, 0.25) is 0 Å². The summed E-state index contributed by atoms with van der Waals surface area (Å²) < 4.78 is 12.3. The lowest BCUT2D eigenvalue weighted by molar-refractivity contribution is 0.621. The number of nitrogens with two attached hydrogens (primary N) is 1. The minimum absolute atomic E-state index is 0.324. The minimum Gasteiger partial charge on any atom is -0.327 e. The molecule has 1 heterocycles. The van der Waals surface area contributed by atoms with Crippen molar-refractivity contribution in [3.8, 4) is 0 Å². The largest absolute Gasteiger partial charge is 0.327 e. The van der Waals surface area contributed by atoms with E-state index in [0.717, 1.165) is 5.69 Å². The standard InChI is InChI=1S/C8H9FN2/c9-7-3-4-8(11-6-7)2-1-5-10/h1-4,6H,5,10H2. The molecule has 0 spiro atoms. The first-order valence-electron chi connectivity index (χ1n) is 3.31. The first kappa shape index (κ1) is 7.88. The molecule has 2 N–H and O–H groups in total. The molecular weight excluding hydrogens is 143 g/mol. The van der Waals surface area contributed by atoms with Gasteiger partial charge in [0.05, 0.1) is 11.9 Å². The second-order valence-electron chi connectivity index (χ2n) is 2.04. The molecule has 0 aliphatic heterocycles. The Labute approximate surface area is 64.6 Å². The zero-order valence-corrected chi connectivity index (χ0v) is 6.00. The summed E-state index contributed by atoms with van der Waals surface area (Å²) in [6.07, 6.45) is 4.69. The molecule has 0 amide bonds. The van der Waals surface area contributed by atoms with Crippen LogP contribution in [0.5, 0.6) is 0 Å². The van der Waals surface area contributed by atoms with Gasteiger partial charge < -0.3 is 5.73 Å². The zero-order valence-electron chi connectivity index (χ0n) is 6.00. The van der Waals surface area contributed by atoms with E-state index in [9.17, 15) is 4.39 Å². The van der Waals surface area contributed by atoms with Gasteiger partial charge in [-0.25, -0.2) is 4.39 Å². The van der Waals surface area contributed by atoms with E-state index in [1.165, 1.54) is 12.3 Å². The lowest BCUT2D eigenvalue weighted by Gasteiger charge is -1.90. The van der Waals surface area contributed by atoms with Gasteiger partial charge >= 0.3 is 0 Å². The van der Waals surface area contributed by atoms with E-state index in [-0.39, 0.29) is 5.82 Å². The fourth-order valence-corrected chi connectivity index (χ4v) is 0.675. The lowest BCUT2D eigenvalue weighted by Crippen LogP contribution is -1.92. The van der Waals surface area contributed by atoms with Crippen LogP contribution in [0.1, 0.15) is 5.69 Å². The fraction of sp³-hybridized carbons (Fsp3) is 0.125. The van der Waals surface area contributed by atoms with Crippen molar-refractivity contribution in [1.82, 2.24) is 4.98 Å². The Morgan fingerprint density at radius 3 is 2.91 bits per heavy atom. The van der Waals surface area contributed by atoms with Crippen LogP contribution in [0, 0.1) is 5.82 Å². The summed E-state index contributed by atoms with van der Waals surface area (Å²) in [5.41, 5.74) is 5.94. The van der Waals surface area contributed by atoms with Gasteiger partial charge in [0.25, 0.3) is 0 Å². The SMILES string of the molecule is NCC=Cc1ccc(F)cn1. The number of hydrogen-bond acceptors (Lipinski definition) is 2. The molecule has 0 aliphatic rings. The van der Waals surface area contributed by atoms with Crippen LogP contribution in [0.15, 0.2) is 24.4 Å². The third-order valence-corrected chi connectivity index (χ3v) is 1.17. The molecule has 3 heteroatoms. The molecule has 0 saturated heterocycles. The Balaban J connectivity index is 2.73. The van der Waals surface area contributed by atoms with Crippen molar-refractivity contribution >= 4 is 6.08 Å². The van der Waals surface area contributed by atoms with E-state index in [0.29, 0.717) is 6.54 Å². The van der Waals surface area contributed by atoms with Gasteiger partial charge in [-0.1, -0.05) is 6.08 Å². The number of rotatable bonds is 2. The number of aromatic nitrogens is 1. The molecule has 0 radical (unpaired) electrons. The van der Waals surface area contributed by atoms with Crippen LogP contribution in [0.2, 0.25) is 0 Å². The molecule has 0 aliphatic carbocycles. The molecule has 1 aromatic heterocycles. The Kier molecular flexibility index (Phi) is 2.74. The Morgan fingerprint density at radius 2 is 2.36 bits per heavy atom. The van der Waals surface area contributed by atoms with E-state index in [1.807, 2.05) is 0 Å². The number of pyridine rings is 1. The van der Waals surface area contributed by atoms with Crippen LogP contribution in [0.4, 0.5) is 4.39 Å².